The van der Waals surface area contributed by atoms with Crippen LogP contribution in [0.15, 0.2) is 35.3 Å². The zero-order chi connectivity index (χ0) is 33.0. The topological polar surface area (TPSA) is 178 Å². The molecule has 4 aliphatic carbocycles. The fourth-order valence-electron chi connectivity index (χ4n) is 8.77. The number of hydrogen-bond acceptors (Lipinski definition) is 6. The third-order valence-electron chi connectivity index (χ3n) is 9.65. The predicted octanol–water partition coefficient (Wildman–Crippen LogP) is 3.34. The number of carbonyl (C=O) groups is 4. The van der Waals surface area contributed by atoms with E-state index in [-0.39, 0.29) is 23.2 Å². The van der Waals surface area contributed by atoms with Crippen molar-refractivity contribution < 1.29 is 23.9 Å². The second-order valence-corrected chi connectivity index (χ2v) is 15.6. The molecule has 45 heavy (non-hydrogen) atoms. The van der Waals surface area contributed by atoms with E-state index >= 15 is 0 Å². The number of ether oxygens (including phenoxy) is 1. The molecule has 11 heteroatoms. The molecule has 7 atom stereocenters. The van der Waals surface area contributed by atoms with Crippen LogP contribution in [-0.2, 0) is 25.5 Å². The van der Waals surface area contributed by atoms with Gasteiger partial charge in [-0.15, -0.1) is 0 Å². The normalized spacial score (nSPS) is 28.7. The van der Waals surface area contributed by atoms with E-state index in [0.29, 0.717) is 31.6 Å². The van der Waals surface area contributed by atoms with Gasteiger partial charge in [-0.3, -0.25) is 14.6 Å². The average molecular weight is 625 g/mol. The van der Waals surface area contributed by atoms with E-state index < -0.39 is 47.0 Å². The maximum absolute atomic E-state index is 13.9. The van der Waals surface area contributed by atoms with Gasteiger partial charge in [-0.1, -0.05) is 65.0 Å². The minimum absolute atomic E-state index is 0.0419. The van der Waals surface area contributed by atoms with Gasteiger partial charge in [0.05, 0.1) is 6.04 Å². The summed E-state index contributed by atoms with van der Waals surface area (Å²) in [7, 11) is 0. The predicted molar refractivity (Wildman–Crippen MR) is 173 cm³/mol. The number of rotatable bonds is 13. The Morgan fingerprint density at radius 2 is 1.62 bits per heavy atom. The standard InChI is InChI=1S/C34H52N6O5/c1-31(2,3)26(40-30(44)45-34-17-23-15-32(4,20-34)19-33(5,16-23)21-34)28(43)39-25(14-22-10-7-6-8-11-22)27(42)38-24(18-41)12-9-13-37-29(35)36/h6-8,10-11,18,23-26H,9,12-17,19-21H2,1-5H3,(H,38,42)(H,39,43)(H,40,44)(H4,35,36,37)/t23?,24-,25-,26-,32-,33+,34?/m0/s1. The molecule has 4 aliphatic rings. The summed E-state index contributed by atoms with van der Waals surface area (Å²) in [6.07, 6.45) is 7.12. The molecule has 0 aromatic heterocycles. The van der Waals surface area contributed by atoms with Gasteiger partial charge in [-0.05, 0) is 79.1 Å². The number of aliphatic imine (C=N–C) groups is 1. The molecule has 2 unspecified atom stereocenters. The molecule has 3 amide bonds. The second-order valence-electron chi connectivity index (χ2n) is 15.6. The van der Waals surface area contributed by atoms with Crippen LogP contribution in [0.5, 0.6) is 0 Å². The van der Waals surface area contributed by atoms with Gasteiger partial charge >= 0.3 is 6.09 Å². The molecule has 4 saturated carbocycles. The van der Waals surface area contributed by atoms with E-state index in [1.54, 1.807) is 0 Å². The van der Waals surface area contributed by atoms with Crippen molar-refractivity contribution in [3.05, 3.63) is 35.9 Å². The van der Waals surface area contributed by atoms with Crippen LogP contribution in [0.2, 0.25) is 0 Å². The fourth-order valence-corrected chi connectivity index (χ4v) is 8.77. The lowest BCUT2D eigenvalue weighted by Gasteiger charge is -2.64. The minimum Gasteiger partial charge on any atom is -0.443 e. The summed E-state index contributed by atoms with van der Waals surface area (Å²) in [6, 6.07) is 6.55. The number of nitrogens with one attached hydrogen (secondary N) is 3. The van der Waals surface area contributed by atoms with E-state index in [9.17, 15) is 19.2 Å². The summed E-state index contributed by atoms with van der Waals surface area (Å²) in [5, 5.41) is 8.48. The second kappa shape index (κ2) is 13.4. The van der Waals surface area contributed by atoms with Crippen molar-refractivity contribution in [1.29, 1.82) is 0 Å². The van der Waals surface area contributed by atoms with Crippen molar-refractivity contribution in [2.45, 2.75) is 116 Å². The molecule has 0 saturated heterocycles. The van der Waals surface area contributed by atoms with Crippen molar-refractivity contribution in [3.63, 3.8) is 0 Å². The summed E-state index contributed by atoms with van der Waals surface area (Å²) in [6.45, 7) is 10.5. The molecule has 11 nitrogen and oxygen atoms in total. The molecular weight excluding hydrogens is 572 g/mol. The number of nitrogens with zero attached hydrogens (tertiary/aromatic N) is 1. The molecule has 1 aromatic carbocycles. The van der Waals surface area contributed by atoms with Crippen LogP contribution in [0.25, 0.3) is 0 Å². The molecule has 248 valence electrons. The lowest BCUT2D eigenvalue weighted by molar-refractivity contribution is -0.189. The molecule has 4 fully saturated rings. The van der Waals surface area contributed by atoms with Crippen molar-refractivity contribution >= 4 is 30.2 Å². The molecule has 0 radical (unpaired) electrons. The number of hydrogen-bond donors (Lipinski definition) is 5. The van der Waals surface area contributed by atoms with Gasteiger partial charge in [0.1, 0.15) is 24.0 Å². The molecule has 1 aromatic rings. The highest BCUT2D eigenvalue weighted by Crippen LogP contribution is 2.67. The first kappa shape index (κ1) is 34.2. The lowest BCUT2D eigenvalue weighted by Crippen LogP contribution is -2.62. The van der Waals surface area contributed by atoms with Crippen LogP contribution in [0, 0.1) is 22.2 Å². The van der Waals surface area contributed by atoms with Gasteiger partial charge in [0.15, 0.2) is 5.96 Å². The van der Waals surface area contributed by atoms with E-state index in [1.807, 2.05) is 51.1 Å². The highest BCUT2D eigenvalue weighted by atomic mass is 16.6. The first-order chi connectivity index (χ1) is 21.0. The van der Waals surface area contributed by atoms with Gasteiger partial charge in [-0.25, -0.2) is 4.79 Å². The third-order valence-corrected chi connectivity index (χ3v) is 9.65. The first-order valence-electron chi connectivity index (χ1n) is 16.2. The van der Waals surface area contributed by atoms with Crippen molar-refractivity contribution in [2.75, 3.05) is 6.54 Å². The largest absolute Gasteiger partial charge is 0.443 e. The van der Waals surface area contributed by atoms with E-state index in [0.717, 1.165) is 31.2 Å². The Balaban J connectivity index is 1.45. The first-order valence-corrected chi connectivity index (χ1v) is 16.2. The van der Waals surface area contributed by atoms with E-state index in [2.05, 4.69) is 34.8 Å². The summed E-state index contributed by atoms with van der Waals surface area (Å²) in [4.78, 5) is 56.6. The molecule has 5 rings (SSSR count). The third kappa shape index (κ3) is 8.98. The highest BCUT2D eigenvalue weighted by molar-refractivity contribution is 5.92. The molecular formula is C34H52N6O5. The van der Waals surface area contributed by atoms with Gasteiger partial charge in [-0.2, -0.15) is 0 Å². The quantitative estimate of drug-likeness (QED) is 0.0967. The number of alkyl carbamates (subject to hydrolysis) is 1. The minimum atomic E-state index is -0.995. The number of carbonyl (C=O) groups excluding carboxylic acids is 4. The number of aldehydes is 1. The lowest BCUT2D eigenvalue weighted by atomic mass is 9.43. The van der Waals surface area contributed by atoms with Crippen LogP contribution in [0.1, 0.15) is 91.5 Å². The van der Waals surface area contributed by atoms with Crippen molar-refractivity contribution in [2.24, 2.45) is 38.6 Å². The summed E-state index contributed by atoms with van der Waals surface area (Å²) < 4.78 is 6.26. The van der Waals surface area contributed by atoms with Crippen LogP contribution in [0.4, 0.5) is 4.79 Å². The zero-order valence-electron chi connectivity index (χ0n) is 27.5. The maximum atomic E-state index is 13.9. The Morgan fingerprint density at radius 3 is 2.18 bits per heavy atom. The molecule has 4 bridgehead atoms. The summed E-state index contributed by atoms with van der Waals surface area (Å²) in [5.41, 5.74) is 10.7. The number of guanidine groups is 1. The van der Waals surface area contributed by atoms with Gasteiger partial charge in [0.2, 0.25) is 11.8 Å². The van der Waals surface area contributed by atoms with Crippen LogP contribution in [0.3, 0.4) is 0 Å². The van der Waals surface area contributed by atoms with Crippen LogP contribution < -0.4 is 27.4 Å². The van der Waals surface area contributed by atoms with E-state index in [1.165, 1.54) is 12.8 Å². The molecule has 7 N–H and O–H groups in total. The Morgan fingerprint density at radius 1 is 0.978 bits per heavy atom. The number of nitrogens with two attached hydrogens (primary N) is 2. The van der Waals surface area contributed by atoms with Crippen LogP contribution >= 0.6 is 0 Å². The Bertz CT molecular complexity index is 1260. The SMILES string of the molecule is CC(C)(C)[C@@H](NC(=O)OC12CC3C[C@@](C)(C1)C[C@](C)(C3)C2)C(=O)N[C@@H](Cc1ccccc1)C(=O)N[C@H](C=O)CCCN=C(N)N. The Labute approximate surface area is 267 Å². The average Bonchev–Trinajstić information content (AvgIpc) is 2.90. The molecule has 0 heterocycles. The smallest absolute Gasteiger partial charge is 0.408 e. The summed E-state index contributed by atoms with van der Waals surface area (Å²) in [5.74, 6) is -0.503. The van der Waals surface area contributed by atoms with Crippen molar-refractivity contribution in [1.82, 2.24) is 16.0 Å². The van der Waals surface area contributed by atoms with Gasteiger partial charge in [0.25, 0.3) is 0 Å². The molecule has 0 aliphatic heterocycles. The van der Waals surface area contributed by atoms with E-state index in [4.69, 9.17) is 16.2 Å². The van der Waals surface area contributed by atoms with Crippen LogP contribution in [-0.4, -0.2) is 60.4 Å². The summed E-state index contributed by atoms with van der Waals surface area (Å²) >= 11 is 0. The Hall–Kier alpha value is -3.63. The number of amides is 3. The van der Waals surface area contributed by atoms with Gasteiger partial charge in [0, 0.05) is 13.0 Å². The Kier molecular flexibility index (Phi) is 10.2. The maximum Gasteiger partial charge on any atom is 0.408 e. The zero-order valence-corrected chi connectivity index (χ0v) is 27.5. The highest BCUT2D eigenvalue weighted by Gasteiger charge is 2.62. The monoisotopic (exact) mass is 624 g/mol. The van der Waals surface area contributed by atoms with Crippen molar-refractivity contribution in [3.8, 4) is 0 Å². The van der Waals surface area contributed by atoms with Gasteiger partial charge < -0.3 is 36.9 Å². The number of benzene rings is 1. The molecule has 0 spiro atoms. The fraction of sp³-hybridized carbons (Fsp3) is 0.676.